The normalized spacial score (nSPS) is 23.5. The Morgan fingerprint density at radius 3 is 3.00 bits per heavy atom. The first-order valence-electron chi connectivity index (χ1n) is 5.74. The second-order valence-corrected chi connectivity index (χ2v) is 4.22. The van der Waals surface area contributed by atoms with Crippen molar-refractivity contribution in [3.05, 3.63) is 0 Å². The summed E-state index contributed by atoms with van der Waals surface area (Å²) in [6.45, 7) is 3.51. The molecular weight excluding hydrogens is 194 g/mol. The molecule has 1 fully saturated rings. The molecule has 0 spiro atoms. The zero-order valence-corrected chi connectivity index (χ0v) is 9.37. The Morgan fingerprint density at radius 2 is 2.40 bits per heavy atom. The van der Waals surface area contributed by atoms with Crippen molar-refractivity contribution in [1.82, 2.24) is 5.32 Å². The Bertz CT molecular complexity index is 190. The van der Waals surface area contributed by atoms with Crippen LogP contribution in [-0.4, -0.2) is 36.9 Å². The number of amides is 1. The van der Waals surface area contributed by atoms with E-state index in [0.717, 1.165) is 25.7 Å². The summed E-state index contributed by atoms with van der Waals surface area (Å²) in [4.78, 5) is 11.6. The molecule has 0 aromatic carbocycles. The van der Waals surface area contributed by atoms with Crippen molar-refractivity contribution >= 4 is 5.91 Å². The van der Waals surface area contributed by atoms with E-state index in [1.54, 1.807) is 0 Å². The summed E-state index contributed by atoms with van der Waals surface area (Å²) in [5.41, 5.74) is 0. The molecule has 0 aliphatic carbocycles. The van der Waals surface area contributed by atoms with E-state index in [1.807, 2.05) is 6.92 Å². The second kappa shape index (κ2) is 6.80. The van der Waals surface area contributed by atoms with Crippen molar-refractivity contribution in [3.63, 3.8) is 0 Å². The highest BCUT2D eigenvalue weighted by molar-refractivity contribution is 5.80. The van der Waals surface area contributed by atoms with Gasteiger partial charge in [0.25, 0.3) is 0 Å². The number of ether oxygens (including phenoxy) is 1. The highest BCUT2D eigenvalue weighted by Crippen LogP contribution is 2.12. The summed E-state index contributed by atoms with van der Waals surface area (Å²) in [5.74, 6) is 0.321. The monoisotopic (exact) mass is 215 g/mol. The fourth-order valence-corrected chi connectivity index (χ4v) is 1.66. The van der Waals surface area contributed by atoms with E-state index in [0.29, 0.717) is 19.1 Å². The first kappa shape index (κ1) is 12.5. The van der Waals surface area contributed by atoms with E-state index < -0.39 is 0 Å². The summed E-state index contributed by atoms with van der Waals surface area (Å²) in [6.07, 6.45) is 3.45. The van der Waals surface area contributed by atoms with Crippen molar-refractivity contribution in [2.45, 2.75) is 38.7 Å². The number of nitrogens with one attached hydrogen (secondary N) is 1. The highest BCUT2D eigenvalue weighted by Gasteiger charge is 2.21. The summed E-state index contributed by atoms with van der Waals surface area (Å²) in [7, 11) is 0. The minimum Gasteiger partial charge on any atom is -0.396 e. The zero-order valence-electron chi connectivity index (χ0n) is 9.37. The third-order valence-electron chi connectivity index (χ3n) is 2.72. The molecule has 0 aromatic heterocycles. The highest BCUT2D eigenvalue weighted by atomic mass is 16.5. The summed E-state index contributed by atoms with van der Waals surface area (Å²) >= 11 is 0. The molecule has 0 aromatic rings. The van der Waals surface area contributed by atoms with Gasteiger partial charge in [0.2, 0.25) is 5.91 Å². The Hall–Kier alpha value is -0.610. The van der Waals surface area contributed by atoms with Crippen LogP contribution in [0.5, 0.6) is 0 Å². The van der Waals surface area contributed by atoms with Crippen LogP contribution in [0.3, 0.4) is 0 Å². The smallest absolute Gasteiger partial charge is 0.249 e. The minimum atomic E-state index is -0.250. The van der Waals surface area contributed by atoms with Gasteiger partial charge in [-0.25, -0.2) is 0 Å². The molecule has 0 bridgehead atoms. The van der Waals surface area contributed by atoms with Gasteiger partial charge in [-0.2, -0.15) is 0 Å². The molecule has 1 amide bonds. The standard InChI is InChI=1S/C11H21NO3/c1-9(5-6-13)8-12-11(14)10-4-2-3-7-15-10/h9-10,13H,2-8H2,1H3,(H,12,14). The number of hydrogen-bond donors (Lipinski definition) is 2. The third-order valence-corrected chi connectivity index (χ3v) is 2.72. The van der Waals surface area contributed by atoms with E-state index >= 15 is 0 Å². The second-order valence-electron chi connectivity index (χ2n) is 4.22. The number of rotatable bonds is 5. The van der Waals surface area contributed by atoms with E-state index in [4.69, 9.17) is 9.84 Å². The summed E-state index contributed by atoms with van der Waals surface area (Å²) in [5, 5.41) is 11.6. The molecule has 88 valence electrons. The van der Waals surface area contributed by atoms with E-state index in [2.05, 4.69) is 5.32 Å². The van der Waals surface area contributed by atoms with Gasteiger partial charge < -0.3 is 15.2 Å². The van der Waals surface area contributed by atoms with Crippen LogP contribution in [0.2, 0.25) is 0 Å². The Morgan fingerprint density at radius 1 is 1.60 bits per heavy atom. The lowest BCUT2D eigenvalue weighted by Crippen LogP contribution is -2.40. The number of hydrogen-bond acceptors (Lipinski definition) is 3. The number of aliphatic hydroxyl groups excluding tert-OH is 1. The third kappa shape index (κ3) is 4.62. The molecule has 4 nitrogen and oxygen atoms in total. The molecule has 1 saturated heterocycles. The van der Waals surface area contributed by atoms with Crippen LogP contribution in [0.4, 0.5) is 0 Å². The molecular formula is C11H21NO3. The lowest BCUT2D eigenvalue weighted by Gasteiger charge is -2.22. The number of aliphatic hydroxyl groups is 1. The van der Waals surface area contributed by atoms with Gasteiger partial charge >= 0.3 is 0 Å². The molecule has 2 N–H and O–H groups in total. The van der Waals surface area contributed by atoms with Gasteiger partial charge in [0.15, 0.2) is 0 Å². The Labute approximate surface area is 91.0 Å². The maximum absolute atomic E-state index is 11.6. The molecule has 1 rings (SSSR count). The summed E-state index contributed by atoms with van der Waals surface area (Å²) in [6, 6.07) is 0. The topological polar surface area (TPSA) is 58.6 Å². The quantitative estimate of drug-likeness (QED) is 0.709. The number of carbonyl (C=O) groups excluding carboxylic acids is 1. The van der Waals surface area contributed by atoms with Crippen LogP contribution in [-0.2, 0) is 9.53 Å². The molecule has 2 unspecified atom stereocenters. The van der Waals surface area contributed by atoms with E-state index in [-0.39, 0.29) is 18.6 Å². The fourth-order valence-electron chi connectivity index (χ4n) is 1.66. The molecule has 4 heteroatoms. The average Bonchev–Trinajstić information content (AvgIpc) is 2.27. The van der Waals surface area contributed by atoms with Crippen molar-refractivity contribution in [1.29, 1.82) is 0 Å². The van der Waals surface area contributed by atoms with E-state index in [9.17, 15) is 4.79 Å². The Kier molecular flexibility index (Phi) is 5.65. The van der Waals surface area contributed by atoms with Gasteiger partial charge in [0.05, 0.1) is 0 Å². The Balaban J connectivity index is 2.16. The largest absolute Gasteiger partial charge is 0.396 e. The summed E-state index contributed by atoms with van der Waals surface area (Å²) < 4.78 is 5.37. The zero-order chi connectivity index (χ0) is 11.1. The first-order chi connectivity index (χ1) is 7.24. The maximum Gasteiger partial charge on any atom is 0.249 e. The van der Waals surface area contributed by atoms with Gasteiger partial charge in [0, 0.05) is 19.8 Å². The van der Waals surface area contributed by atoms with Crippen LogP contribution in [0.15, 0.2) is 0 Å². The fraction of sp³-hybridized carbons (Fsp3) is 0.909. The van der Waals surface area contributed by atoms with Gasteiger partial charge in [-0.3, -0.25) is 4.79 Å². The number of carbonyl (C=O) groups is 1. The maximum atomic E-state index is 11.6. The van der Waals surface area contributed by atoms with Crippen LogP contribution in [0.1, 0.15) is 32.6 Å². The van der Waals surface area contributed by atoms with Crippen molar-refractivity contribution in [3.8, 4) is 0 Å². The predicted molar refractivity (Wildman–Crippen MR) is 57.5 cm³/mol. The minimum absolute atomic E-state index is 0.000472. The van der Waals surface area contributed by atoms with Gasteiger partial charge in [-0.15, -0.1) is 0 Å². The van der Waals surface area contributed by atoms with Crippen LogP contribution in [0, 0.1) is 5.92 Å². The van der Waals surface area contributed by atoms with Crippen LogP contribution in [0.25, 0.3) is 0 Å². The average molecular weight is 215 g/mol. The van der Waals surface area contributed by atoms with Crippen molar-refractivity contribution < 1.29 is 14.6 Å². The SMILES string of the molecule is CC(CCO)CNC(=O)C1CCCCO1. The van der Waals surface area contributed by atoms with Gasteiger partial charge in [-0.05, 0) is 31.6 Å². The van der Waals surface area contributed by atoms with Crippen LogP contribution >= 0.6 is 0 Å². The molecule has 1 heterocycles. The lowest BCUT2D eigenvalue weighted by atomic mass is 10.1. The molecule has 2 atom stereocenters. The predicted octanol–water partition coefficient (Wildman–Crippen LogP) is 0.690. The van der Waals surface area contributed by atoms with Crippen molar-refractivity contribution in [2.24, 2.45) is 5.92 Å². The van der Waals surface area contributed by atoms with Crippen molar-refractivity contribution in [2.75, 3.05) is 19.8 Å². The lowest BCUT2D eigenvalue weighted by molar-refractivity contribution is -0.135. The van der Waals surface area contributed by atoms with E-state index in [1.165, 1.54) is 0 Å². The molecule has 1 aliphatic heterocycles. The van der Waals surface area contributed by atoms with Gasteiger partial charge in [-0.1, -0.05) is 6.92 Å². The van der Waals surface area contributed by atoms with Crippen LogP contribution < -0.4 is 5.32 Å². The first-order valence-corrected chi connectivity index (χ1v) is 5.74. The molecule has 0 saturated carbocycles. The molecule has 0 radical (unpaired) electrons. The molecule has 15 heavy (non-hydrogen) atoms. The molecule has 1 aliphatic rings. The van der Waals surface area contributed by atoms with Gasteiger partial charge in [0.1, 0.15) is 6.10 Å².